The molecule has 3 N–H and O–H groups in total. The van der Waals surface area contributed by atoms with Crippen LogP contribution in [0.1, 0.15) is 32.3 Å². The van der Waals surface area contributed by atoms with Crippen molar-refractivity contribution in [2.75, 3.05) is 25.2 Å². The topological polar surface area (TPSA) is 95.5 Å². The summed E-state index contributed by atoms with van der Waals surface area (Å²) in [5.41, 5.74) is 0.964. The van der Waals surface area contributed by atoms with Gasteiger partial charge in [-0.1, -0.05) is 31.5 Å². The van der Waals surface area contributed by atoms with E-state index in [-0.39, 0.29) is 23.3 Å². The minimum absolute atomic E-state index is 0.0109. The van der Waals surface area contributed by atoms with Gasteiger partial charge >= 0.3 is 0 Å². The molecule has 8 heteroatoms. The molecular formula is C19H32N2O4S2. The minimum atomic E-state index is -3.78. The van der Waals surface area contributed by atoms with Crippen molar-refractivity contribution in [2.24, 2.45) is 11.8 Å². The summed E-state index contributed by atoms with van der Waals surface area (Å²) < 4.78 is 27.8. The van der Waals surface area contributed by atoms with Crippen LogP contribution in [0.3, 0.4) is 0 Å². The lowest BCUT2D eigenvalue weighted by molar-refractivity contribution is -0.123. The van der Waals surface area contributed by atoms with E-state index in [9.17, 15) is 18.3 Å². The molecule has 27 heavy (non-hydrogen) atoms. The Bertz CT molecular complexity index is 675. The number of amides is 1. The van der Waals surface area contributed by atoms with Crippen LogP contribution < -0.4 is 10.0 Å². The summed E-state index contributed by atoms with van der Waals surface area (Å²) in [7, 11) is -3.78. The van der Waals surface area contributed by atoms with Gasteiger partial charge in [-0.15, -0.1) is 0 Å². The van der Waals surface area contributed by atoms with Gasteiger partial charge in [0, 0.05) is 13.2 Å². The van der Waals surface area contributed by atoms with Gasteiger partial charge in [-0.25, -0.2) is 8.42 Å². The van der Waals surface area contributed by atoms with Crippen molar-refractivity contribution in [2.45, 2.75) is 44.6 Å². The van der Waals surface area contributed by atoms with Crippen molar-refractivity contribution < 1.29 is 18.3 Å². The first-order valence-electron chi connectivity index (χ1n) is 9.16. The molecule has 6 nitrogen and oxygen atoms in total. The molecule has 1 aromatic rings. The Morgan fingerprint density at radius 1 is 1.22 bits per heavy atom. The van der Waals surface area contributed by atoms with Gasteiger partial charge in [-0.2, -0.15) is 16.5 Å². The zero-order valence-corrected chi connectivity index (χ0v) is 18.2. The fraction of sp³-hybridized carbons (Fsp3) is 0.632. The van der Waals surface area contributed by atoms with Crippen LogP contribution in [0.4, 0.5) is 0 Å². The molecule has 0 saturated carbocycles. The lowest BCUT2D eigenvalue weighted by Gasteiger charge is -2.21. The van der Waals surface area contributed by atoms with E-state index >= 15 is 0 Å². The van der Waals surface area contributed by atoms with E-state index in [2.05, 4.69) is 23.9 Å². The normalized spacial score (nSPS) is 14.1. The molecule has 1 amide bonds. The molecule has 2 atom stereocenters. The monoisotopic (exact) mass is 416 g/mol. The van der Waals surface area contributed by atoms with E-state index in [0.717, 1.165) is 12.0 Å². The molecule has 1 rings (SSSR count). The summed E-state index contributed by atoms with van der Waals surface area (Å²) in [5, 5.41) is 12.3. The van der Waals surface area contributed by atoms with Gasteiger partial charge in [-0.3, -0.25) is 4.79 Å². The van der Waals surface area contributed by atoms with Gasteiger partial charge in [0.25, 0.3) is 0 Å². The molecule has 0 aromatic heterocycles. The zero-order valence-electron chi connectivity index (χ0n) is 16.6. The number of aliphatic hydroxyl groups is 1. The molecule has 0 aliphatic carbocycles. The maximum atomic E-state index is 12.6. The van der Waals surface area contributed by atoms with Crippen LogP contribution in [-0.2, 0) is 14.8 Å². The van der Waals surface area contributed by atoms with E-state index in [0.29, 0.717) is 24.6 Å². The van der Waals surface area contributed by atoms with Gasteiger partial charge in [0.2, 0.25) is 15.9 Å². The third-order valence-electron chi connectivity index (χ3n) is 4.18. The first kappa shape index (κ1) is 23.9. The Balaban J connectivity index is 2.81. The fourth-order valence-electron chi connectivity index (χ4n) is 2.71. The van der Waals surface area contributed by atoms with Gasteiger partial charge in [0.15, 0.2) is 0 Å². The minimum Gasteiger partial charge on any atom is -0.396 e. The molecule has 0 aliphatic rings. The molecule has 0 fully saturated rings. The van der Waals surface area contributed by atoms with E-state index in [1.54, 1.807) is 23.9 Å². The van der Waals surface area contributed by atoms with Gasteiger partial charge in [-0.05, 0) is 55.7 Å². The molecule has 0 unspecified atom stereocenters. The highest BCUT2D eigenvalue weighted by Gasteiger charge is 2.26. The van der Waals surface area contributed by atoms with Crippen LogP contribution in [0, 0.1) is 18.8 Å². The molecule has 0 heterocycles. The molecule has 0 aliphatic heterocycles. The fourth-order valence-corrected chi connectivity index (χ4v) is 4.41. The molecule has 0 saturated heterocycles. The second-order valence-corrected chi connectivity index (χ2v) is 9.89. The molecule has 0 radical (unpaired) electrons. The first-order valence-corrected chi connectivity index (χ1v) is 12.0. The standard InChI is InChI=1S/C19H32N2O4S2/c1-14(2)11-16(13-22)12-20-19(23)18(9-10-26-4)21-27(24,25)17-7-5-15(3)6-8-17/h5-8,14,16,18,21-22H,9-13H2,1-4H3,(H,20,23)/t16-,18-/m0/s1. The van der Waals surface area contributed by atoms with E-state index in [1.165, 1.54) is 12.1 Å². The zero-order chi connectivity index (χ0) is 20.4. The smallest absolute Gasteiger partial charge is 0.241 e. The van der Waals surface area contributed by atoms with Crippen LogP contribution in [0.25, 0.3) is 0 Å². The van der Waals surface area contributed by atoms with Crippen LogP contribution in [0.2, 0.25) is 0 Å². The second kappa shape index (κ2) is 11.7. The summed E-state index contributed by atoms with van der Waals surface area (Å²) in [6, 6.07) is 5.67. The largest absolute Gasteiger partial charge is 0.396 e. The number of carbonyl (C=O) groups is 1. The Hall–Kier alpha value is -1.09. The Morgan fingerprint density at radius 3 is 2.37 bits per heavy atom. The van der Waals surface area contributed by atoms with Crippen molar-refractivity contribution in [1.82, 2.24) is 10.0 Å². The molecule has 0 bridgehead atoms. The third kappa shape index (κ3) is 8.64. The predicted octanol–water partition coefficient (Wildman–Crippen LogP) is 2.17. The Kier molecular flexibility index (Phi) is 10.4. The predicted molar refractivity (Wildman–Crippen MR) is 111 cm³/mol. The summed E-state index contributed by atoms with van der Waals surface area (Å²) in [6.07, 6.45) is 3.10. The lowest BCUT2D eigenvalue weighted by atomic mass is 9.98. The maximum absolute atomic E-state index is 12.6. The number of nitrogens with one attached hydrogen (secondary N) is 2. The Labute approximate surface area is 167 Å². The van der Waals surface area contributed by atoms with Gasteiger partial charge in [0.05, 0.1) is 4.90 Å². The summed E-state index contributed by atoms with van der Waals surface area (Å²) in [4.78, 5) is 12.7. The van der Waals surface area contributed by atoms with E-state index < -0.39 is 16.1 Å². The van der Waals surface area contributed by atoms with Crippen molar-refractivity contribution in [3.63, 3.8) is 0 Å². The molecule has 0 spiro atoms. The van der Waals surface area contributed by atoms with Crippen molar-refractivity contribution in [3.05, 3.63) is 29.8 Å². The second-order valence-electron chi connectivity index (χ2n) is 7.19. The highest BCUT2D eigenvalue weighted by Crippen LogP contribution is 2.13. The molecule has 1 aromatic carbocycles. The summed E-state index contributed by atoms with van der Waals surface area (Å²) in [6.45, 7) is 6.31. The number of rotatable bonds is 12. The average Bonchev–Trinajstić information content (AvgIpc) is 2.61. The highest BCUT2D eigenvalue weighted by atomic mass is 32.2. The van der Waals surface area contributed by atoms with Crippen molar-refractivity contribution in [1.29, 1.82) is 0 Å². The summed E-state index contributed by atoms with van der Waals surface area (Å²) in [5.74, 6) is 0.668. The van der Waals surface area contributed by atoms with Crippen molar-refractivity contribution in [3.8, 4) is 0 Å². The third-order valence-corrected chi connectivity index (χ3v) is 6.32. The SMILES string of the molecule is CSCC[C@H](NS(=O)(=O)c1ccc(C)cc1)C(=O)NC[C@@H](CO)CC(C)C. The molecule has 154 valence electrons. The van der Waals surface area contributed by atoms with Crippen LogP contribution >= 0.6 is 11.8 Å². The lowest BCUT2D eigenvalue weighted by Crippen LogP contribution is -2.48. The average molecular weight is 417 g/mol. The number of aliphatic hydroxyl groups excluding tert-OH is 1. The van der Waals surface area contributed by atoms with E-state index in [1.807, 2.05) is 13.2 Å². The van der Waals surface area contributed by atoms with Crippen LogP contribution in [0.5, 0.6) is 0 Å². The van der Waals surface area contributed by atoms with Crippen LogP contribution in [-0.4, -0.2) is 50.6 Å². The number of benzene rings is 1. The highest BCUT2D eigenvalue weighted by molar-refractivity contribution is 7.98. The van der Waals surface area contributed by atoms with E-state index in [4.69, 9.17) is 0 Å². The number of sulfonamides is 1. The summed E-state index contributed by atoms with van der Waals surface area (Å²) >= 11 is 1.55. The van der Waals surface area contributed by atoms with Crippen molar-refractivity contribution >= 4 is 27.7 Å². The van der Waals surface area contributed by atoms with Gasteiger partial charge in [0.1, 0.15) is 6.04 Å². The first-order chi connectivity index (χ1) is 12.7. The number of thioether (sulfide) groups is 1. The van der Waals surface area contributed by atoms with Crippen LogP contribution in [0.15, 0.2) is 29.2 Å². The number of aryl methyl sites for hydroxylation is 1. The number of carbonyl (C=O) groups excluding carboxylic acids is 1. The Morgan fingerprint density at radius 2 is 1.85 bits per heavy atom. The maximum Gasteiger partial charge on any atom is 0.241 e. The van der Waals surface area contributed by atoms with Gasteiger partial charge < -0.3 is 10.4 Å². The number of hydrogen-bond acceptors (Lipinski definition) is 5. The quantitative estimate of drug-likeness (QED) is 0.485. The number of hydrogen-bond donors (Lipinski definition) is 3. The molecular weight excluding hydrogens is 384 g/mol.